The number of nitrogens with zero attached hydrogens (tertiary/aromatic N) is 3. The van der Waals surface area contributed by atoms with Crippen LogP contribution in [0.15, 0.2) is 48.7 Å². The number of carbonyl (C=O) groups is 1. The number of rotatable bonds is 9. The molecule has 0 radical (unpaired) electrons. The van der Waals surface area contributed by atoms with Crippen LogP contribution in [0.4, 0.5) is 0 Å². The fourth-order valence-electron chi connectivity index (χ4n) is 2.90. The first-order valence-corrected chi connectivity index (χ1v) is 9.45. The lowest BCUT2D eigenvalue weighted by atomic mass is 10.1. The maximum absolute atomic E-state index is 12.4. The molecule has 146 valence electrons. The summed E-state index contributed by atoms with van der Waals surface area (Å²) in [5, 5.41) is 13.9. The Hall–Kier alpha value is -2.70. The van der Waals surface area contributed by atoms with Gasteiger partial charge in [0.1, 0.15) is 12.4 Å². The molecule has 0 unspecified atom stereocenters. The van der Waals surface area contributed by atoms with Crippen molar-refractivity contribution in [2.75, 3.05) is 13.2 Å². The number of aromatic nitrogens is 3. The molecule has 3 aromatic rings. The van der Waals surface area contributed by atoms with E-state index in [4.69, 9.17) is 21.4 Å². The molecule has 1 aromatic carbocycles. The van der Waals surface area contributed by atoms with Gasteiger partial charge in [0, 0.05) is 35.8 Å². The zero-order chi connectivity index (χ0) is 19.9. The summed E-state index contributed by atoms with van der Waals surface area (Å²) in [4.78, 5) is 16.5. The number of aliphatic hydroxyl groups is 1. The molecule has 0 aliphatic carbocycles. The summed E-state index contributed by atoms with van der Waals surface area (Å²) in [6.45, 7) is 2.07. The maximum Gasteiger partial charge on any atom is 0.213 e. The third kappa shape index (κ3) is 5.41. The van der Waals surface area contributed by atoms with Crippen molar-refractivity contribution in [2.24, 2.45) is 0 Å². The molecule has 6 nitrogen and oxygen atoms in total. The van der Waals surface area contributed by atoms with E-state index in [-0.39, 0.29) is 19.0 Å². The first-order valence-electron chi connectivity index (χ1n) is 9.07. The molecule has 7 heteroatoms. The van der Waals surface area contributed by atoms with Gasteiger partial charge >= 0.3 is 0 Å². The molecule has 0 atom stereocenters. The van der Waals surface area contributed by atoms with Crippen LogP contribution < -0.4 is 4.74 Å². The maximum atomic E-state index is 12.4. The first-order chi connectivity index (χ1) is 13.5. The molecule has 0 spiro atoms. The number of benzene rings is 1. The van der Waals surface area contributed by atoms with Gasteiger partial charge in [-0.2, -0.15) is 5.10 Å². The Bertz CT molecular complexity index is 938. The van der Waals surface area contributed by atoms with Crippen molar-refractivity contribution in [1.29, 1.82) is 0 Å². The molecule has 0 amide bonds. The van der Waals surface area contributed by atoms with Crippen molar-refractivity contribution < 1.29 is 14.6 Å². The molecule has 3 rings (SSSR count). The summed E-state index contributed by atoms with van der Waals surface area (Å²) >= 11 is 6.09. The van der Waals surface area contributed by atoms with Gasteiger partial charge in [-0.05, 0) is 43.2 Å². The highest BCUT2D eigenvalue weighted by Crippen LogP contribution is 2.18. The standard InChI is InChI=1S/C21H22ClN3O3/c1-15-11-19(25(24-15)18-4-2-3-17(22)13-18)6-7-20(27)12-16-5-8-21(23-14-16)28-10-9-26/h2-5,8,11,13-14,26H,6-7,9-10,12H2,1H3. The number of hydrogen-bond donors (Lipinski definition) is 1. The highest BCUT2D eigenvalue weighted by Gasteiger charge is 2.11. The SMILES string of the molecule is Cc1cc(CCC(=O)Cc2ccc(OCCO)nc2)n(-c2cccc(Cl)c2)n1. The molecule has 0 aliphatic heterocycles. The van der Waals surface area contributed by atoms with E-state index in [0.29, 0.717) is 30.2 Å². The van der Waals surface area contributed by atoms with Crippen LogP contribution in [0.25, 0.3) is 5.69 Å². The van der Waals surface area contributed by atoms with E-state index >= 15 is 0 Å². The molecule has 2 heterocycles. The van der Waals surface area contributed by atoms with E-state index in [1.165, 1.54) is 0 Å². The lowest BCUT2D eigenvalue weighted by Gasteiger charge is -2.08. The summed E-state index contributed by atoms with van der Waals surface area (Å²) in [7, 11) is 0. The smallest absolute Gasteiger partial charge is 0.213 e. The van der Waals surface area contributed by atoms with Crippen LogP contribution in [0.1, 0.15) is 23.4 Å². The van der Waals surface area contributed by atoms with Crippen LogP contribution in [-0.2, 0) is 17.6 Å². The number of ether oxygens (including phenoxy) is 1. The van der Waals surface area contributed by atoms with Crippen molar-refractivity contribution in [3.63, 3.8) is 0 Å². The van der Waals surface area contributed by atoms with E-state index < -0.39 is 0 Å². The number of carbonyl (C=O) groups excluding carboxylic acids is 1. The summed E-state index contributed by atoms with van der Waals surface area (Å²) in [6.07, 6.45) is 2.95. The molecule has 0 bridgehead atoms. The quantitative estimate of drug-likeness (QED) is 0.597. The second-order valence-electron chi connectivity index (χ2n) is 6.46. The van der Waals surface area contributed by atoms with Crippen LogP contribution in [-0.4, -0.2) is 38.9 Å². The third-order valence-electron chi connectivity index (χ3n) is 4.16. The molecular weight excluding hydrogens is 378 g/mol. The van der Waals surface area contributed by atoms with Gasteiger partial charge in [0.25, 0.3) is 0 Å². The molecule has 0 saturated heterocycles. The van der Waals surface area contributed by atoms with Gasteiger partial charge in [0.2, 0.25) is 5.88 Å². The van der Waals surface area contributed by atoms with E-state index in [2.05, 4.69) is 10.1 Å². The summed E-state index contributed by atoms with van der Waals surface area (Å²) < 4.78 is 7.06. The Morgan fingerprint density at radius 3 is 2.82 bits per heavy atom. The molecule has 1 N–H and O–H groups in total. The van der Waals surface area contributed by atoms with Crippen LogP contribution in [0.2, 0.25) is 5.02 Å². The fraction of sp³-hybridized carbons (Fsp3) is 0.286. The molecule has 28 heavy (non-hydrogen) atoms. The topological polar surface area (TPSA) is 77.2 Å². The lowest BCUT2D eigenvalue weighted by molar-refractivity contribution is -0.118. The van der Waals surface area contributed by atoms with Crippen molar-refractivity contribution >= 4 is 17.4 Å². The Morgan fingerprint density at radius 1 is 1.25 bits per heavy atom. The van der Waals surface area contributed by atoms with Gasteiger partial charge in [-0.1, -0.05) is 23.7 Å². The first kappa shape index (κ1) is 20.0. The Kier molecular flexibility index (Phi) is 6.79. The van der Waals surface area contributed by atoms with Crippen LogP contribution in [0.3, 0.4) is 0 Å². The summed E-state index contributed by atoms with van der Waals surface area (Å²) in [5.74, 6) is 0.563. The van der Waals surface area contributed by atoms with Crippen molar-refractivity contribution in [2.45, 2.75) is 26.2 Å². The van der Waals surface area contributed by atoms with Gasteiger partial charge in [-0.15, -0.1) is 0 Å². The van der Waals surface area contributed by atoms with Crippen molar-refractivity contribution in [1.82, 2.24) is 14.8 Å². The second kappa shape index (κ2) is 9.48. The average molecular weight is 400 g/mol. The van der Waals surface area contributed by atoms with Gasteiger partial charge in [0.15, 0.2) is 0 Å². The minimum Gasteiger partial charge on any atom is -0.475 e. The van der Waals surface area contributed by atoms with E-state index in [0.717, 1.165) is 22.6 Å². The van der Waals surface area contributed by atoms with Crippen molar-refractivity contribution in [3.8, 4) is 11.6 Å². The predicted molar refractivity (Wildman–Crippen MR) is 107 cm³/mol. The lowest BCUT2D eigenvalue weighted by Crippen LogP contribution is -2.08. The van der Waals surface area contributed by atoms with Gasteiger partial charge in [-0.3, -0.25) is 4.79 Å². The number of Topliss-reactive ketones (excluding diaryl/α,β-unsaturated/α-hetero) is 1. The summed E-state index contributed by atoms with van der Waals surface area (Å²) in [6, 6.07) is 13.0. The zero-order valence-electron chi connectivity index (χ0n) is 15.6. The minimum absolute atomic E-state index is 0.0623. The number of aryl methyl sites for hydroxylation is 2. The number of ketones is 1. The number of halogens is 1. The average Bonchev–Trinajstić information content (AvgIpc) is 3.06. The molecule has 2 aromatic heterocycles. The molecule has 0 fully saturated rings. The highest BCUT2D eigenvalue weighted by molar-refractivity contribution is 6.30. The highest BCUT2D eigenvalue weighted by atomic mass is 35.5. The Labute approximate surface area is 168 Å². The number of aliphatic hydroxyl groups excluding tert-OH is 1. The molecule has 0 saturated carbocycles. The Balaban J connectivity index is 1.60. The monoisotopic (exact) mass is 399 g/mol. The largest absolute Gasteiger partial charge is 0.475 e. The van der Waals surface area contributed by atoms with E-state index in [9.17, 15) is 4.79 Å². The van der Waals surface area contributed by atoms with Crippen LogP contribution >= 0.6 is 11.6 Å². The normalized spacial score (nSPS) is 10.8. The zero-order valence-corrected chi connectivity index (χ0v) is 16.4. The van der Waals surface area contributed by atoms with E-state index in [1.54, 1.807) is 12.3 Å². The van der Waals surface area contributed by atoms with Crippen LogP contribution in [0, 0.1) is 6.92 Å². The molecular formula is C21H22ClN3O3. The van der Waals surface area contributed by atoms with Gasteiger partial charge < -0.3 is 9.84 Å². The van der Waals surface area contributed by atoms with Crippen molar-refractivity contribution in [3.05, 3.63) is 70.6 Å². The predicted octanol–water partition coefficient (Wildman–Crippen LogP) is 3.34. The van der Waals surface area contributed by atoms with Gasteiger partial charge in [0.05, 0.1) is 18.0 Å². The number of hydrogen-bond acceptors (Lipinski definition) is 5. The van der Waals surface area contributed by atoms with E-state index in [1.807, 2.05) is 48.0 Å². The number of pyridine rings is 1. The molecule has 0 aliphatic rings. The van der Waals surface area contributed by atoms with Crippen LogP contribution in [0.5, 0.6) is 5.88 Å². The second-order valence-corrected chi connectivity index (χ2v) is 6.90. The summed E-state index contributed by atoms with van der Waals surface area (Å²) in [5.41, 5.74) is 3.58. The third-order valence-corrected chi connectivity index (χ3v) is 4.39. The fourth-order valence-corrected chi connectivity index (χ4v) is 3.08. The van der Waals surface area contributed by atoms with Gasteiger partial charge in [-0.25, -0.2) is 9.67 Å². The Morgan fingerprint density at radius 2 is 2.11 bits per heavy atom. The minimum atomic E-state index is -0.0623.